The van der Waals surface area contributed by atoms with E-state index in [0.29, 0.717) is 19.3 Å². The van der Waals surface area contributed by atoms with Crippen LogP contribution in [0.1, 0.15) is 36.3 Å². The molecule has 0 bridgehead atoms. The van der Waals surface area contributed by atoms with Crippen LogP contribution in [0.4, 0.5) is 4.79 Å². The summed E-state index contributed by atoms with van der Waals surface area (Å²) in [6.45, 7) is 0.0399. The number of amides is 1. The Balaban J connectivity index is 1.47. The molecule has 5 nitrogen and oxygen atoms in total. The van der Waals surface area contributed by atoms with Crippen LogP contribution in [0.2, 0.25) is 0 Å². The first kappa shape index (κ1) is 17.1. The van der Waals surface area contributed by atoms with Gasteiger partial charge in [-0.3, -0.25) is 0 Å². The predicted octanol–water partition coefficient (Wildman–Crippen LogP) is 2.80. The smallest absolute Gasteiger partial charge is 0.407 e. The molecular formula is C21H23NO4. The third kappa shape index (κ3) is 2.97. The van der Waals surface area contributed by atoms with E-state index in [1.807, 2.05) is 24.3 Å². The Labute approximate surface area is 152 Å². The van der Waals surface area contributed by atoms with Gasteiger partial charge in [-0.2, -0.15) is 0 Å². The maximum atomic E-state index is 12.3. The average molecular weight is 353 g/mol. The van der Waals surface area contributed by atoms with Gasteiger partial charge in [0.15, 0.2) is 0 Å². The zero-order chi connectivity index (χ0) is 18.1. The van der Waals surface area contributed by atoms with Crippen molar-refractivity contribution in [2.45, 2.75) is 36.8 Å². The SMILES string of the molecule is O=C(NC1(CO)CCC(O)C1)OCC1c2ccccc2-c2ccccc21. The summed E-state index contributed by atoms with van der Waals surface area (Å²) in [7, 11) is 0. The van der Waals surface area contributed by atoms with Gasteiger partial charge in [0.2, 0.25) is 0 Å². The highest BCUT2D eigenvalue weighted by molar-refractivity contribution is 5.79. The average Bonchev–Trinajstić information content (AvgIpc) is 3.19. The Hall–Kier alpha value is -2.37. The highest BCUT2D eigenvalue weighted by Crippen LogP contribution is 2.44. The second-order valence-electron chi connectivity index (χ2n) is 7.29. The lowest BCUT2D eigenvalue weighted by atomic mass is 9.98. The summed E-state index contributed by atoms with van der Waals surface area (Å²) in [6.07, 6.45) is 0.443. The number of carbonyl (C=O) groups is 1. The number of fused-ring (bicyclic) bond motifs is 3. The maximum Gasteiger partial charge on any atom is 0.407 e. The molecule has 1 fully saturated rings. The fourth-order valence-corrected chi connectivity index (χ4v) is 4.25. The first-order valence-electron chi connectivity index (χ1n) is 9.04. The van der Waals surface area contributed by atoms with E-state index in [2.05, 4.69) is 29.6 Å². The van der Waals surface area contributed by atoms with Gasteiger partial charge in [-0.1, -0.05) is 48.5 Å². The summed E-state index contributed by atoms with van der Waals surface area (Å²) in [6, 6.07) is 16.4. The molecule has 136 valence electrons. The number of aliphatic hydroxyl groups is 2. The van der Waals surface area contributed by atoms with Gasteiger partial charge in [0, 0.05) is 5.92 Å². The molecule has 0 spiro atoms. The molecule has 2 aliphatic carbocycles. The van der Waals surface area contributed by atoms with Gasteiger partial charge in [-0.05, 0) is 41.5 Å². The Morgan fingerprint density at radius 1 is 1.12 bits per heavy atom. The van der Waals surface area contributed by atoms with Crippen LogP contribution in [0.3, 0.4) is 0 Å². The summed E-state index contributed by atoms with van der Waals surface area (Å²) in [5.41, 5.74) is 3.91. The van der Waals surface area contributed by atoms with Crippen LogP contribution >= 0.6 is 0 Å². The number of aliphatic hydroxyl groups excluding tert-OH is 2. The fourth-order valence-electron chi connectivity index (χ4n) is 4.25. The Bertz CT molecular complexity index is 776. The van der Waals surface area contributed by atoms with Crippen LogP contribution in [0.25, 0.3) is 11.1 Å². The lowest BCUT2D eigenvalue weighted by molar-refractivity contribution is 0.101. The summed E-state index contributed by atoms with van der Waals surface area (Å²) in [5, 5.41) is 22.1. The van der Waals surface area contributed by atoms with Crippen molar-refractivity contribution in [2.75, 3.05) is 13.2 Å². The van der Waals surface area contributed by atoms with Crippen LogP contribution in [0, 0.1) is 0 Å². The first-order valence-corrected chi connectivity index (χ1v) is 9.04. The van der Waals surface area contributed by atoms with Crippen molar-refractivity contribution in [1.29, 1.82) is 0 Å². The van der Waals surface area contributed by atoms with Gasteiger partial charge in [0.1, 0.15) is 6.61 Å². The van der Waals surface area contributed by atoms with E-state index in [9.17, 15) is 15.0 Å². The summed E-state index contributed by atoms with van der Waals surface area (Å²) in [4.78, 5) is 12.3. The second kappa shape index (κ2) is 6.74. The Kier molecular flexibility index (Phi) is 4.42. The van der Waals surface area contributed by atoms with Crippen LogP contribution in [0.15, 0.2) is 48.5 Å². The summed E-state index contributed by atoms with van der Waals surface area (Å²) < 4.78 is 5.52. The van der Waals surface area contributed by atoms with Crippen molar-refractivity contribution in [3.63, 3.8) is 0 Å². The van der Waals surface area contributed by atoms with Gasteiger partial charge in [0.25, 0.3) is 0 Å². The Morgan fingerprint density at radius 2 is 1.73 bits per heavy atom. The standard InChI is InChI=1S/C21H23NO4/c23-13-21(10-9-14(24)11-21)22-20(25)26-12-19-17-7-3-1-5-15(17)16-6-2-4-8-18(16)19/h1-8,14,19,23-24H,9-13H2,(H,22,25). The molecule has 1 amide bonds. The molecule has 0 heterocycles. The van der Waals surface area contributed by atoms with E-state index >= 15 is 0 Å². The van der Waals surface area contributed by atoms with Gasteiger partial charge in [-0.15, -0.1) is 0 Å². The molecule has 0 aliphatic heterocycles. The van der Waals surface area contributed by atoms with E-state index in [1.165, 1.54) is 11.1 Å². The highest BCUT2D eigenvalue weighted by Gasteiger charge is 2.40. The third-order valence-corrected chi connectivity index (χ3v) is 5.60. The molecule has 4 rings (SSSR count). The lowest BCUT2D eigenvalue weighted by Gasteiger charge is -2.27. The number of hydrogen-bond acceptors (Lipinski definition) is 4. The number of hydrogen-bond donors (Lipinski definition) is 3. The van der Waals surface area contributed by atoms with Crippen molar-refractivity contribution in [3.8, 4) is 11.1 Å². The minimum absolute atomic E-state index is 0.00685. The van der Waals surface area contributed by atoms with Crippen molar-refractivity contribution in [2.24, 2.45) is 0 Å². The quantitative estimate of drug-likeness (QED) is 0.790. The molecule has 5 heteroatoms. The fraction of sp³-hybridized carbons (Fsp3) is 0.381. The largest absolute Gasteiger partial charge is 0.449 e. The maximum absolute atomic E-state index is 12.3. The molecule has 0 saturated heterocycles. The van der Waals surface area contributed by atoms with Gasteiger partial charge < -0.3 is 20.3 Å². The minimum Gasteiger partial charge on any atom is -0.449 e. The molecule has 2 unspecified atom stereocenters. The molecular weight excluding hydrogens is 330 g/mol. The summed E-state index contributed by atoms with van der Waals surface area (Å²) >= 11 is 0. The Morgan fingerprint density at radius 3 is 2.27 bits per heavy atom. The van der Waals surface area contributed by atoms with Crippen molar-refractivity contribution >= 4 is 6.09 Å². The van der Waals surface area contributed by atoms with E-state index in [1.54, 1.807) is 0 Å². The minimum atomic E-state index is -0.776. The highest BCUT2D eigenvalue weighted by atomic mass is 16.5. The molecule has 3 N–H and O–H groups in total. The summed E-state index contributed by atoms with van der Waals surface area (Å²) in [5.74, 6) is 0.00685. The molecule has 2 aliphatic rings. The van der Waals surface area contributed by atoms with Gasteiger partial charge in [0.05, 0.1) is 18.2 Å². The zero-order valence-electron chi connectivity index (χ0n) is 14.5. The van der Waals surface area contributed by atoms with Crippen LogP contribution < -0.4 is 5.32 Å². The molecule has 0 radical (unpaired) electrons. The van der Waals surface area contributed by atoms with Gasteiger partial charge in [-0.25, -0.2) is 4.79 Å². The normalized spacial score (nSPS) is 24.2. The van der Waals surface area contributed by atoms with Crippen LogP contribution in [0.5, 0.6) is 0 Å². The predicted molar refractivity (Wildman–Crippen MR) is 97.9 cm³/mol. The molecule has 0 aromatic heterocycles. The number of ether oxygens (including phenoxy) is 1. The van der Waals surface area contributed by atoms with E-state index in [-0.39, 0.29) is 19.1 Å². The third-order valence-electron chi connectivity index (χ3n) is 5.60. The molecule has 2 aromatic carbocycles. The number of benzene rings is 2. The van der Waals surface area contributed by atoms with E-state index < -0.39 is 17.7 Å². The molecule has 26 heavy (non-hydrogen) atoms. The van der Waals surface area contributed by atoms with Gasteiger partial charge >= 0.3 is 6.09 Å². The number of rotatable bonds is 4. The monoisotopic (exact) mass is 353 g/mol. The van der Waals surface area contributed by atoms with Crippen molar-refractivity contribution in [3.05, 3.63) is 59.7 Å². The first-order chi connectivity index (χ1) is 12.6. The zero-order valence-corrected chi connectivity index (χ0v) is 14.5. The number of nitrogens with one attached hydrogen (secondary N) is 1. The number of carbonyl (C=O) groups excluding carboxylic acids is 1. The van der Waals surface area contributed by atoms with E-state index in [4.69, 9.17) is 4.74 Å². The van der Waals surface area contributed by atoms with E-state index in [0.717, 1.165) is 11.1 Å². The molecule has 2 atom stereocenters. The number of alkyl carbamates (subject to hydrolysis) is 1. The van der Waals surface area contributed by atoms with Crippen LogP contribution in [-0.2, 0) is 4.74 Å². The topological polar surface area (TPSA) is 78.8 Å². The molecule has 2 aromatic rings. The van der Waals surface area contributed by atoms with Crippen LogP contribution in [-0.4, -0.2) is 41.2 Å². The van der Waals surface area contributed by atoms with Crippen molar-refractivity contribution in [1.82, 2.24) is 5.32 Å². The lowest BCUT2D eigenvalue weighted by Crippen LogP contribution is -2.50. The van der Waals surface area contributed by atoms with Crippen molar-refractivity contribution < 1.29 is 19.7 Å². The second-order valence-corrected chi connectivity index (χ2v) is 7.29. The molecule has 1 saturated carbocycles.